The molecule has 1 amide bonds. The zero-order valence-corrected chi connectivity index (χ0v) is 17.2. The van der Waals surface area contributed by atoms with Gasteiger partial charge in [0.1, 0.15) is 6.04 Å². The van der Waals surface area contributed by atoms with Crippen molar-refractivity contribution in [3.05, 3.63) is 71.8 Å². The second-order valence-electron chi connectivity index (χ2n) is 7.10. The Balaban J connectivity index is 1.96. The van der Waals surface area contributed by atoms with E-state index in [-0.39, 0.29) is 5.91 Å². The Hall–Kier alpha value is -2.86. The molecule has 1 atom stereocenters. The number of hydrogen-bond donors (Lipinski definition) is 1. The Morgan fingerprint density at radius 1 is 0.964 bits per heavy atom. The normalized spacial score (nSPS) is 12.6. The van der Waals surface area contributed by atoms with Crippen molar-refractivity contribution in [2.75, 3.05) is 15.9 Å². The Morgan fingerprint density at radius 2 is 1.57 bits per heavy atom. The number of benzene rings is 3. The van der Waals surface area contributed by atoms with E-state index in [0.29, 0.717) is 11.4 Å². The average Bonchev–Trinajstić information content (AvgIpc) is 2.60. The number of aryl methyl sites for hydroxylation is 2. The fraction of sp³-hybridized carbons (Fsp3) is 0.227. The summed E-state index contributed by atoms with van der Waals surface area (Å²) in [6.45, 7) is 5.40. The maximum absolute atomic E-state index is 13.0. The summed E-state index contributed by atoms with van der Waals surface area (Å²) in [5.74, 6) is -0.388. The van der Waals surface area contributed by atoms with Crippen LogP contribution in [0.4, 0.5) is 11.4 Å². The molecule has 0 radical (unpaired) electrons. The number of rotatable bonds is 5. The Kier molecular flexibility index (Phi) is 5.42. The van der Waals surface area contributed by atoms with Crippen molar-refractivity contribution in [1.29, 1.82) is 0 Å². The van der Waals surface area contributed by atoms with E-state index in [1.54, 1.807) is 19.1 Å². The number of nitrogens with one attached hydrogen (secondary N) is 1. The first-order valence-electron chi connectivity index (χ1n) is 9.03. The number of sulfonamides is 1. The minimum atomic E-state index is -3.66. The molecule has 28 heavy (non-hydrogen) atoms. The zero-order valence-electron chi connectivity index (χ0n) is 16.4. The number of carbonyl (C=O) groups is 1. The summed E-state index contributed by atoms with van der Waals surface area (Å²) in [5.41, 5.74) is 3.01. The summed E-state index contributed by atoms with van der Waals surface area (Å²) in [5, 5.41) is 4.80. The summed E-state index contributed by atoms with van der Waals surface area (Å²) >= 11 is 0. The van der Waals surface area contributed by atoms with Gasteiger partial charge in [-0.15, -0.1) is 0 Å². The third-order valence-corrected chi connectivity index (χ3v) is 5.84. The maximum atomic E-state index is 13.0. The van der Waals surface area contributed by atoms with Gasteiger partial charge in [-0.25, -0.2) is 8.42 Å². The minimum Gasteiger partial charge on any atom is -0.324 e. The van der Waals surface area contributed by atoms with E-state index in [1.807, 2.05) is 62.4 Å². The Morgan fingerprint density at radius 3 is 2.21 bits per heavy atom. The molecule has 0 fully saturated rings. The summed E-state index contributed by atoms with van der Waals surface area (Å²) in [4.78, 5) is 13.0. The second-order valence-corrected chi connectivity index (χ2v) is 8.96. The number of anilines is 2. The highest BCUT2D eigenvalue weighted by Crippen LogP contribution is 2.26. The molecule has 3 aromatic carbocycles. The van der Waals surface area contributed by atoms with E-state index < -0.39 is 16.1 Å². The van der Waals surface area contributed by atoms with Gasteiger partial charge in [0.25, 0.3) is 0 Å². The van der Waals surface area contributed by atoms with Crippen LogP contribution < -0.4 is 9.62 Å². The molecule has 5 nitrogen and oxygen atoms in total. The predicted molar refractivity (Wildman–Crippen MR) is 115 cm³/mol. The molecule has 0 aliphatic carbocycles. The van der Waals surface area contributed by atoms with Gasteiger partial charge >= 0.3 is 0 Å². The summed E-state index contributed by atoms with van der Waals surface area (Å²) in [7, 11) is -3.66. The standard InChI is InChI=1S/C22H24N2O3S/c1-15-12-16(2)14-19(13-15)24(28(4,26)27)17(3)22(25)23-21-11-7-9-18-8-5-6-10-20(18)21/h5-14,17H,1-4H3,(H,23,25)/t17-/m1/s1. The fourth-order valence-corrected chi connectivity index (χ4v) is 4.62. The smallest absolute Gasteiger partial charge is 0.248 e. The predicted octanol–water partition coefficient (Wildman–Crippen LogP) is 4.25. The zero-order chi connectivity index (χ0) is 20.5. The first-order chi connectivity index (χ1) is 13.2. The van der Waals surface area contributed by atoms with Crippen LogP contribution in [0, 0.1) is 13.8 Å². The molecule has 0 saturated heterocycles. The molecule has 146 valence electrons. The molecular weight excluding hydrogens is 372 g/mol. The lowest BCUT2D eigenvalue weighted by Gasteiger charge is -2.29. The monoisotopic (exact) mass is 396 g/mol. The van der Waals surface area contributed by atoms with Gasteiger partial charge in [-0.2, -0.15) is 0 Å². The van der Waals surface area contributed by atoms with E-state index >= 15 is 0 Å². The van der Waals surface area contributed by atoms with Gasteiger partial charge in [-0.1, -0.05) is 42.5 Å². The molecule has 0 saturated carbocycles. The van der Waals surface area contributed by atoms with E-state index in [2.05, 4.69) is 5.32 Å². The molecule has 1 N–H and O–H groups in total. The summed E-state index contributed by atoms with van der Waals surface area (Å²) in [6.07, 6.45) is 1.12. The van der Waals surface area contributed by atoms with Crippen LogP contribution in [0.15, 0.2) is 60.7 Å². The van der Waals surface area contributed by atoms with Gasteiger partial charge in [0.15, 0.2) is 0 Å². The quantitative estimate of drug-likeness (QED) is 0.701. The molecule has 0 unspecified atom stereocenters. The maximum Gasteiger partial charge on any atom is 0.248 e. The van der Waals surface area contributed by atoms with Crippen molar-refractivity contribution in [3.8, 4) is 0 Å². The highest BCUT2D eigenvalue weighted by molar-refractivity contribution is 7.92. The second kappa shape index (κ2) is 7.64. The van der Waals surface area contributed by atoms with Crippen LogP contribution in [0.2, 0.25) is 0 Å². The summed E-state index contributed by atoms with van der Waals surface area (Å²) < 4.78 is 26.2. The number of hydrogen-bond acceptors (Lipinski definition) is 3. The van der Waals surface area contributed by atoms with Crippen molar-refractivity contribution in [2.24, 2.45) is 0 Å². The fourth-order valence-electron chi connectivity index (χ4n) is 3.46. The summed E-state index contributed by atoms with van der Waals surface area (Å²) in [6, 6.07) is 18.0. The van der Waals surface area contributed by atoms with Gasteiger partial charge in [-0.3, -0.25) is 9.10 Å². The number of nitrogens with zero attached hydrogens (tertiary/aromatic N) is 1. The SMILES string of the molecule is Cc1cc(C)cc(N([C@H](C)C(=O)Nc2cccc3ccccc23)S(C)(=O)=O)c1. The van der Waals surface area contributed by atoms with Crippen molar-refractivity contribution in [3.63, 3.8) is 0 Å². The van der Waals surface area contributed by atoms with Crippen molar-refractivity contribution in [2.45, 2.75) is 26.8 Å². The lowest BCUT2D eigenvalue weighted by Crippen LogP contribution is -2.45. The van der Waals surface area contributed by atoms with E-state index in [0.717, 1.165) is 28.2 Å². The number of carbonyl (C=O) groups excluding carboxylic acids is 1. The molecule has 0 aliphatic rings. The molecule has 6 heteroatoms. The molecule has 0 aliphatic heterocycles. The first kappa shape index (κ1) is 19.9. The Labute approximate surface area is 166 Å². The van der Waals surface area contributed by atoms with Crippen molar-refractivity contribution < 1.29 is 13.2 Å². The van der Waals surface area contributed by atoms with Crippen LogP contribution in [0.5, 0.6) is 0 Å². The average molecular weight is 397 g/mol. The van der Waals surface area contributed by atoms with Gasteiger partial charge in [0.2, 0.25) is 15.9 Å². The lowest BCUT2D eigenvalue weighted by molar-refractivity contribution is -0.116. The topological polar surface area (TPSA) is 66.5 Å². The molecular formula is C22H24N2O3S. The number of amides is 1. The van der Waals surface area contributed by atoms with Crippen molar-refractivity contribution >= 4 is 38.1 Å². The first-order valence-corrected chi connectivity index (χ1v) is 10.9. The van der Waals surface area contributed by atoms with E-state index in [4.69, 9.17) is 0 Å². The van der Waals surface area contributed by atoms with Crippen LogP contribution in [-0.4, -0.2) is 26.6 Å². The van der Waals surface area contributed by atoms with Gasteiger partial charge in [-0.05, 0) is 55.5 Å². The molecule has 0 spiro atoms. The molecule has 3 aromatic rings. The highest BCUT2D eigenvalue weighted by Gasteiger charge is 2.29. The van der Waals surface area contributed by atoms with Crippen LogP contribution in [0.3, 0.4) is 0 Å². The van der Waals surface area contributed by atoms with Gasteiger partial charge in [0, 0.05) is 11.1 Å². The van der Waals surface area contributed by atoms with Crippen molar-refractivity contribution in [1.82, 2.24) is 0 Å². The molecule has 0 bridgehead atoms. The largest absolute Gasteiger partial charge is 0.324 e. The third kappa shape index (κ3) is 4.17. The van der Waals surface area contributed by atoms with Crippen LogP contribution >= 0.6 is 0 Å². The highest BCUT2D eigenvalue weighted by atomic mass is 32.2. The minimum absolute atomic E-state index is 0.388. The number of fused-ring (bicyclic) bond motifs is 1. The van der Waals surface area contributed by atoms with E-state index in [1.165, 1.54) is 4.31 Å². The van der Waals surface area contributed by atoms with Crippen LogP contribution in [-0.2, 0) is 14.8 Å². The van der Waals surface area contributed by atoms with Gasteiger partial charge in [0.05, 0.1) is 11.9 Å². The lowest BCUT2D eigenvalue weighted by atomic mass is 10.1. The van der Waals surface area contributed by atoms with Gasteiger partial charge < -0.3 is 5.32 Å². The third-order valence-electron chi connectivity index (χ3n) is 4.60. The van der Waals surface area contributed by atoms with E-state index in [9.17, 15) is 13.2 Å². The van der Waals surface area contributed by atoms with Crippen LogP contribution in [0.1, 0.15) is 18.1 Å². The molecule has 0 aromatic heterocycles. The molecule has 3 rings (SSSR count). The molecule has 0 heterocycles. The van der Waals surface area contributed by atoms with Crippen LogP contribution in [0.25, 0.3) is 10.8 Å². The Bertz CT molecular complexity index is 1110.